The van der Waals surface area contributed by atoms with Crippen molar-refractivity contribution in [2.24, 2.45) is 0 Å². The van der Waals surface area contributed by atoms with E-state index in [-0.39, 0.29) is 0 Å². The summed E-state index contributed by atoms with van der Waals surface area (Å²) in [5.41, 5.74) is 1.11. The molecule has 0 N–H and O–H groups in total. The number of nitrogens with zero attached hydrogens (tertiary/aromatic N) is 5. The minimum Gasteiger partial charge on any atom is -0.302 e. The number of rotatable bonds is 4. The molecule has 5 nitrogen and oxygen atoms in total. The highest BCUT2D eigenvalue weighted by molar-refractivity contribution is 9.10. The number of halogens is 1. The van der Waals surface area contributed by atoms with Crippen LogP contribution in [-0.2, 0) is 6.67 Å². The molecule has 0 spiro atoms. The van der Waals surface area contributed by atoms with E-state index in [0.717, 1.165) is 40.1 Å². The molecule has 3 heterocycles. The molecule has 0 aliphatic carbocycles. The lowest BCUT2D eigenvalue weighted by atomic mass is 10.2. The smallest absolute Gasteiger partial charge is 0.193 e. The van der Waals surface area contributed by atoms with Crippen LogP contribution in [0.5, 0.6) is 0 Å². The molecule has 7 heteroatoms. The van der Waals surface area contributed by atoms with Crippen LogP contribution in [0.4, 0.5) is 0 Å². The average Bonchev–Trinajstić information content (AvgIpc) is 3.22. The molecule has 0 unspecified atom stereocenters. The molecular formula is C16H20BrN5S. The SMILES string of the molecule is Brc1cccc(-c2nnc3n2CN(CCN2CCCC2)CS3)c1. The third kappa shape index (κ3) is 3.47. The summed E-state index contributed by atoms with van der Waals surface area (Å²) in [5, 5.41) is 9.80. The normalized spacial score (nSPS) is 19.2. The molecule has 2 aliphatic rings. The first kappa shape index (κ1) is 15.6. The predicted molar refractivity (Wildman–Crippen MR) is 96.3 cm³/mol. The van der Waals surface area contributed by atoms with Gasteiger partial charge in [0.05, 0.1) is 12.5 Å². The number of benzene rings is 1. The van der Waals surface area contributed by atoms with Crippen molar-refractivity contribution < 1.29 is 0 Å². The van der Waals surface area contributed by atoms with Gasteiger partial charge in [0.25, 0.3) is 0 Å². The number of thioether (sulfide) groups is 1. The van der Waals surface area contributed by atoms with Gasteiger partial charge in [-0.3, -0.25) is 9.47 Å². The lowest BCUT2D eigenvalue weighted by molar-refractivity contribution is 0.203. The second-order valence-corrected chi connectivity index (χ2v) is 7.93. The lowest BCUT2D eigenvalue weighted by Crippen LogP contribution is -2.37. The van der Waals surface area contributed by atoms with Crippen LogP contribution in [-0.4, -0.2) is 56.6 Å². The second-order valence-electron chi connectivity index (χ2n) is 6.10. The average molecular weight is 394 g/mol. The van der Waals surface area contributed by atoms with Crippen molar-refractivity contribution in [2.45, 2.75) is 24.7 Å². The van der Waals surface area contributed by atoms with E-state index in [1.165, 1.54) is 32.5 Å². The number of hydrogen-bond donors (Lipinski definition) is 0. The molecule has 2 aromatic rings. The zero-order valence-electron chi connectivity index (χ0n) is 13.0. The Balaban J connectivity index is 1.48. The topological polar surface area (TPSA) is 37.2 Å². The van der Waals surface area contributed by atoms with Crippen molar-refractivity contribution in [3.8, 4) is 11.4 Å². The zero-order chi connectivity index (χ0) is 15.6. The minimum absolute atomic E-state index is 0.880. The monoisotopic (exact) mass is 393 g/mol. The van der Waals surface area contributed by atoms with Gasteiger partial charge in [0, 0.05) is 23.1 Å². The standard InChI is InChI=1S/C16H20BrN5S/c17-14-5-3-4-13(10-14)15-18-19-16-22(15)11-21(12-23-16)9-8-20-6-1-2-7-20/h3-5,10H,1-2,6-9,11-12H2. The summed E-state index contributed by atoms with van der Waals surface area (Å²) in [6, 6.07) is 8.28. The molecule has 0 saturated carbocycles. The Labute approximate surface area is 149 Å². The largest absolute Gasteiger partial charge is 0.302 e. The predicted octanol–water partition coefficient (Wildman–Crippen LogP) is 3.13. The highest BCUT2D eigenvalue weighted by Gasteiger charge is 2.23. The van der Waals surface area contributed by atoms with E-state index in [1.807, 2.05) is 12.1 Å². The maximum atomic E-state index is 4.42. The first-order valence-corrected chi connectivity index (χ1v) is 9.84. The third-order valence-corrected chi connectivity index (χ3v) is 6.00. The molecule has 0 bridgehead atoms. The van der Waals surface area contributed by atoms with Crippen LogP contribution in [0.2, 0.25) is 0 Å². The fourth-order valence-electron chi connectivity index (χ4n) is 3.18. The molecule has 1 aromatic carbocycles. The summed E-state index contributed by atoms with van der Waals surface area (Å²) in [7, 11) is 0. The van der Waals surface area contributed by atoms with E-state index in [2.05, 4.69) is 52.6 Å². The van der Waals surface area contributed by atoms with Crippen LogP contribution in [0, 0.1) is 0 Å². The number of fused-ring (bicyclic) bond motifs is 1. The van der Waals surface area contributed by atoms with Crippen LogP contribution in [0.1, 0.15) is 12.8 Å². The van der Waals surface area contributed by atoms with E-state index in [4.69, 9.17) is 0 Å². The van der Waals surface area contributed by atoms with Gasteiger partial charge in [-0.2, -0.15) is 0 Å². The highest BCUT2D eigenvalue weighted by atomic mass is 79.9. The summed E-state index contributed by atoms with van der Waals surface area (Å²) >= 11 is 5.32. The molecule has 122 valence electrons. The van der Waals surface area contributed by atoms with E-state index in [0.29, 0.717) is 0 Å². The Bertz CT molecular complexity index is 683. The van der Waals surface area contributed by atoms with Crippen molar-refractivity contribution in [2.75, 3.05) is 32.1 Å². The summed E-state index contributed by atoms with van der Waals surface area (Å²) in [6.07, 6.45) is 2.72. The molecule has 0 atom stereocenters. The van der Waals surface area contributed by atoms with E-state index < -0.39 is 0 Å². The fraction of sp³-hybridized carbons (Fsp3) is 0.500. The molecule has 2 aliphatic heterocycles. The van der Waals surface area contributed by atoms with E-state index >= 15 is 0 Å². The maximum absolute atomic E-state index is 4.42. The van der Waals surface area contributed by atoms with E-state index in [1.54, 1.807) is 11.8 Å². The van der Waals surface area contributed by atoms with Crippen molar-refractivity contribution in [1.29, 1.82) is 0 Å². The van der Waals surface area contributed by atoms with Crippen LogP contribution in [0.15, 0.2) is 33.9 Å². The van der Waals surface area contributed by atoms with Gasteiger partial charge in [-0.25, -0.2) is 0 Å². The molecule has 1 aromatic heterocycles. The van der Waals surface area contributed by atoms with Gasteiger partial charge in [-0.05, 0) is 38.1 Å². The Morgan fingerprint density at radius 3 is 2.74 bits per heavy atom. The molecular weight excluding hydrogens is 374 g/mol. The van der Waals surface area contributed by atoms with Crippen molar-refractivity contribution >= 4 is 27.7 Å². The van der Waals surface area contributed by atoms with Gasteiger partial charge in [0.2, 0.25) is 0 Å². The lowest BCUT2D eigenvalue weighted by Gasteiger charge is -2.29. The van der Waals surface area contributed by atoms with Crippen molar-refractivity contribution in [3.63, 3.8) is 0 Å². The Hall–Kier alpha value is -0.890. The molecule has 0 amide bonds. The Morgan fingerprint density at radius 2 is 1.91 bits per heavy atom. The third-order valence-electron chi connectivity index (χ3n) is 4.45. The van der Waals surface area contributed by atoms with Gasteiger partial charge in [-0.15, -0.1) is 10.2 Å². The van der Waals surface area contributed by atoms with Crippen LogP contribution < -0.4 is 0 Å². The van der Waals surface area contributed by atoms with Crippen molar-refractivity contribution in [3.05, 3.63) is 28.7 Å². The van der Waals surface area contributed by atoms with Crippen LogP contribution >= 0.6 is 27.7 Å². The van der Waals surface area contributed by atoms with Gasteiger partial charge >= 0.3 is 0 Å². The summed E-state index contributed by atoms with van der Waals surface area (Å²) < 4.78 is 3.31. The molecule has 0 radical (unpaired) electrons. The van der Waals surface area contributed by atoms with Gasteiger partial charge in [0.15, 0.2) is 11.0 Å². The summed E-state index contributed by atoms with van der Waals surface area (Å²) in [4.78, 5) is 5.06. The second kappa shape index (κ2) is 6.93. The maximum Gasteiger partial charge on any atom is 0.193 e. The quantitative estimate of drug-likeness (QED) is 0.797. The summed E-state index contributed by atoms with van der Waals surface area (Å²) in [6.45, 7) is 5.70. The fourth-order valence-corrected chi connectivity index (χ4v) is 4.48. The first-order chi connectivity index (χ1) is 11.3. The van der Waals surface area contributed by atoms with Crippen molar-refractivity contribution in [1.82, 2.24) is 24.6 Å². The molecule has 23 heavy (non-hydrogen) atoms. The van der Waals surface area contributed by atoms with Gasteiger partial charge in [-0.1, -0.05) is 39.8 Å². The Morgan fingerprint density at radius 1 is 1.09 bits per heavy atom. The van der Waals surface area contributed by atoms with E-state index in [9.17, 15) is 0 Å². The van der Waals surface area contributed by atoms with Gasteiger partial charge in [0.1, 0.15) is 0 Å². The first-order valence-electron chi connectivity index (χ1n) is 8.06. The zero-order valence-corrected chi connectivity index (χ0v) is 15.4. The van der Waals surface area contributed by atoms with Crippen LogP contribution in [0.25, 0.3) is 11.4 Å². The van der Waals surface area contributed by atoms with Crippen LogP contribution in [0.3, 0.4) is 0 Å². The molecule has 1 fully saturated rings. The highest BCUT2D eigenvalue weighted by Crippen LogP contribution is 2.29. The molecule has 1 saturated heterocycles. The Kier molecular flexibility index (Phi) is 4.71. The number of aromatic nitrogens is 3. The summed E-state index contributed by atoms with van der Waals surface area (Å²) in [5.74, 6) is 1.96. The number of hydrogen-bond acceptors (Lipinski definition) is 5. The number of likely N-dealkylation sites (tertiary alicyclic amines) is 1. The molecule has 4 rings (SSSR count). The van der Waals surface area contributed by atoms with Gasteiger partial charge < -0.3 is 4.90 Å². The minimum atomic E-state index is 0.880.